The Morgan fingerprint density at radius 2 is 1.93 bits per heavy atom. The SMILES string of the molecule is O=C(Nc1ccccc1C(=O)NN=Cc1cc(Br)cc([N+](=O)[O-])c1O)c1cccs1. The van der Waals surface area contributed by atoms with Crippen LogP contribution in [0.15, 0.2) is 63.5 Å². The number of nitrogens with zero attached hydrogens (tertiary/aromatic N) is 2. The summed E-state index contributed by atoms with van der Waals surface area (Å²) < 4.78 is 0.362. The number of carbonyl (C=O) groups is 2. The molecule has 0 atom stereocenters. The minimum absolute atomic E-state index is 0.0376. The lowest BCUT2D eigenvalue weighted by Gasteiger charge is -2.09. The average molecular weight is 489 g/mol. The summed E-state index contributed by atoms with van der Waals surface area (Å²) in [6, 6.07) is 12.4. The molecule has 0 aliphatic heterocycles. The van der Waals surface area contributed by atoms with E-state index in [1.165, 1.54) is 23.5 Å². The molecule has 0 spiro atoms. The lowest BCUT2D eigenvalue weighted by atomic mass is 10.1. The third kappa shape index (κ3) is 4.88. The average Bonchev–Trinajstić information content (AvgIpc) is 3.25. The number of carbonyl (C=O) groups excluding carboxylic acids is 2. The van der Waals surface area contributed by atoms with Crippen molar-refractivity contribution < 1.29 is 19.6 Å². The van der Waals surface area contributed by atoms with E-state index in [1.54, 1.807) is 35.7 Å². The molecule has 1 heterocycles. The van der Waals surface area contributed by atoms with Crippen molar-refractivity contribution in [2.45, 2.75) is 0 Å². The molecular weight excluding hydrogens is 476 g/mol. The van der Waals surface area contributed by atoms with Crippen LogP contribution in [0.2, 0.25) is 0 Å². The number of para-hydroxylation sites is 1. The quantitative estimate of drug-likeness (QED) is 0.272. The zero-order valence-corrected chi connectivity index (χ0v) is 17.4. The van der Waals surface area contributed by atoms with Crippen LogP contribution in [-0.4, -0.2) is 28.1 Å². The topological polar surface area (TPSA) is 134 Å². The lowest BCUT2D eigenvalue weighted by molar-refractivity contribution is -0.385. The molecule has 0 fully saturated rings. The predicted molar refractivity (Wildman–Crippen MR) is 116 cm³/mol. The van der Waals surface area contributed by atoms with Crippen molar-refractivity contribution in [1.82, 2.24) is 5.43 Å². The number of hydrogen-bond donors (Lipinski definition) is 3. The van der Waals surface area contributed by atoms with E-state index in [2.05, 4.69) is 31.8 Å². The maximum atomic E-state index is 12.5. The molecular formula is C19H13BrN4O5S. The molecule has 3 N–H and O–H groups in total. The molecule has 0 aliphatic carbocycles. The molecule has 1 aromatic heterocycles. The number of nitro benzene ring substituents is 1. The first-order valence-corrected chi connectivity index (χ1v) is 9.98. The van der Waals surface area contributed by atoms with E-state index in [0.29, 0.717) is 15.0 Å². The van der Waals surface area contributed by atoms with Crippen LogP contribution in [0.4, 0.5) is 11.4 Å². The molecule has 11 heteroatoms. The summed E-state index contributed by atoms with van der Waals surface area (Å²) in [5, 5.41) is 29.2. The van der Waals surface area contributed by atoms with Crippen LogP contribution < -0.4 is 10.7 Å². The summed E-state index contributed by atoms with van der Waals surface area (Å²) in [6.45, 7) is 0. The normalized spacial score (nSPS) is 10.7. The number of phenolic OH excluding ortho intramolecular Hbond substituents is 1. The van der Waals surface area contributed by atoms with Crippen LogP contribution in [0.25, 0.3) is 0 Å². The van der Waals surface area contributed by atoms with E-state index in [0.717, 1.165) is 12.3 Å². The van der Waals surface area contributed by atoms with Gasteiger partial charge in [-0.1, -0.05) is 34.1 Å². The third-order valence-electron chi connectivity index (χ3n) is 3.82. The van der Waals surface area contributed by atoms with Crippen molar-refractivity contribution in [3.63, 3.8) is 0 Å². The Labute approximate surface area is 182 Å². The highest BCUT2D eigenvalue weighted by molar-refractivity contribution is 9.10. The minimum Gasteiger partial charge on any atom is -0.502 e. The van der Waals surface area contributed by atoms with E-state index >= 15 is 0 Å². The molecule has 9 nitrogen and oxygen atoms in total. The van der Waals surface area contributed by atoms with Gasteiger partial charge in [-0.3, -0.25) is 19.7 Å². The van der Waals surface area contributed by atoms with Gasteiger partial charge in [-0.25, -0.2) is 5.43 Å². The number of benzene rings is 2. The largest absolute Gasteiger partial charge is 0.502 e. The molecule has 0 saturated heterocycles. The van der Waals surface area contributed by atoms with Crippen LogP contribution in [0.3, 0.4) is 0 Å². The Hall–Kier alpha value is -3.57. The fourth-order valence-electron chi connectivity index (χ4n) is 2.45. The Kier molecular flexibility index (Phi) is 6.54. The molecule has 0 aliphatic rings. The highest BCUT2D eigenvalue weighted by Gasteiger charge is 2.18. The van der Waals surface area contributed by atoms with Crippen molar-refractivity contribution in [2.75, 3.05) is 5.32 Å². The standard InChI is InChI=1S/C19H13BrN4O5S/c20-12-8-11(17(25)15(9-12)24(28)29)10-21-23-18(26)13-4-1-2-5-14(13)22-19(27)16-6-3-7-30-16/h1-10,25H,(H,22,27)(H,23,26). The van der Waals surface area contributed by atoms with Crippen molar-refractivity contribution >= 4 is 56.7 Å². The number of nitrogens with one attached hydrogen (secondary N) is 2. The number of halogens is 1. The number of hydrogen-bond acceptors (Lipinski definition) is 7. The van der Waals surface area contributed by atoms with E-state index in [-0.39, 0.29) is 17.0 Å². The van der Waals surface area contributed by atoms with Gasteiger partial charge in [-0.05, 0) is 29.6 Å². The monoisotopic (exact) mass is 488 g/mol. The van der Waals surface area contributed by atoms with Gasteiger partial charge in [0.05, 0.1) is 27.3 Å². The van der Waals surface area contributed by atoms with Crippen LogP contribution in [0.1, 0.15) is 25.6 Å². The summed E-state index contributed by atoms with van der Waals surface area (Å²) in [4.78, 5) is 35.5. The Morgan fingerprint density at radius 1 is 1.17 bits per heavy atom. The van der Waals surface area contributed by atoms with E-state index in [9.17, 15) is 24.8 Å². The Balaban J connectivity index is 1.76. The van der Waals surface area contributed by atoms with Gasteiger partial charge >= 0.3 is 5.69 Å². The number of phenols is 1. The van der Waals surface area contributed by atoms with Gasteiger partial charge in [-0.2, -0.15) is 5.10 Å². The molecule has 30 heavy (non-hydrogen) atoms. The predicted octanol–water partition coefficient (Wildman–Crippen LogP) is 4.14. The van der Waals surface area contributed by atoms with Gasteiger partial charge in [0.2, 0.25) is 5.75 Å². The molecule has 3 rings (SSSR count). The number of hydrazone groups is 1. The first kappa shape index (κ1) is 21.1. The molecule has 2 aromatic carbocycles. The van der Waals surface area contributed by atoms with Crippen molar-refractivity contribution in [2.24, 2.45) is 5.10 Å². The number of rotatable bonds is 6. The van der Waals surface area contributed by atoms with E-state index in [1.807, 2.05) is 0 Å². The Morgan fingerprint density at radius 3 is 2.63 bits per heavy atom. The Bertz CT molecular complexity index is 1150. The molecule has 0 radical (unpaired) electrons. The van der Waals surface area contributed by atoms with Gasteiger partial charge in [-0.15, -0.1) is 11.3 Å². The highest BCUT2D eigenvalue weighted by Crippen LogP contribution is 2.32. The third-order valence-corrected chi connectivity index (χ3v) is 5.14. The second-order valence-electron chi connectivity index (χ2n) is 5.80. The zero-order chi connectivity index (χ0) is 21.7. The van der Waals surface area contributed by atoms with Gasteiger partial charge in [0.25, 0.3) is 11.8 Å². The van der Waals surface area contributed by atoms with E-state index < -0.39 is 22.3 Å². The van der Waals surface area contributed by atoms with Gasteiger partial charge in [0.1, 0.15) is 0 Å². The van der Waals surface area contributed by atoms with E-state index in [4.69, 9.17) is 0 Å². The lowest BCUT2D eigenvalue weighted by Crippen LogP contribution is -2.21. The van der Waals surface area contributed by atoms with Gasteiger partial charge in [0.15, 0.2) is 0 Å². The molecule has 0 bridgehead atoms. The fourth-order valence-corrected chi connectivity index (χ4v) is 3.53. The first-order valence-electron chi connectivity index (χ1n) is 8.31. The number of aromatic hydroxyl groups is 1. The second kappa shape index (κ2) is 9.29. The molecule has 0 saturated carbocycles. The van der Waals surface area contributed by atoms with Crippen LogP contribution in [-0.2, 0) is 0 Å². The smallest absolute Gasteiger partial charge is 0.312 e. The number of nitro groups is 1. The maximum absolute atomic E-state index is 12.5. The van der Waals surface area contributed by atoms with Crippen LogP contribution in [0, 0.1) is 10.1 Å². The minimum atomic E-state index is -0.734. The molecule has 3 aromatic rings. The van der Waals surface area contributed by atoms with Crippen LogP contribution in [0.5, 0.6) is 5.75 Å². The number of thiophene rings is 1. The summed E-state index contributed by atoms with van der Waals surface area (Å²) in [6.07, 6.45) is 1.08. The fraction of sp³-hybridized carbons (Fsp3) is 0. The van der Waals surface area contributed by atoms with Crippen LogP contribution >= 0.6 is 27.3 Å². The molecule has 0 unspecified atom stereocenters. The summed E-state index contributed by atoms with van der Waals surface area (Å²) in [5.41, 5.74) is 2.28. The zero-order valence-electron chi connectivity index (χ0n) is 15.0. The summed E-state index contributed by atoms with van der Waals surface area (Å²) >= 11 is 4.39. The molecule has 2 amide bonds. The first-order chi connectivity index (χ1) is 14.4. The summed E-state index contributed by atoms with van der Waals surface area (Å²) in [5.74, 6) is -1.54. The number of anilines is 1. The second-order valence-corrected chi connectivity index (χ2v) is 7.66. The highest BCUT2D eigenvalue weighted by atomic mass is 79.9. The van der Waals surface area contributed by atoms with Gasteiger partial charge < -0.3 is 10.4 Å². The van der Waals surface area contributed by atoms with Crippen molar-refractivity contribution in [1.29, 1.82) is 0 Å². The van der Waals surface area contributed by atoms with Crippen molar-refractivity contribution in [3.8, 4) is 5.75 Å². The molecule has 152 valence electrons. The maximum Gasteiger partial charge on any atom is 0.312 e. The van der Waals surface area contributed by atoms with Gasteiger partial charge in [0, 0.05) is 16.1 Å². The summed E-state index contributed by atoms with van der Waals surface area (Å²) in [7, 11) is 0. The van der Waals surface area contributed by atoms with Crippen molar-refractivity contribution in [3.05, 3.63) is 84.5 Å². The number of amides is 2.